The fraction of sp³-hybridized carbons (Fsp3) is 0. The largest absolute Gasteiger partial charge is 0.456 e. The lowest BCUT2D eigenvalue weighted by atomic mass is 9.90. The van der Waals surface area contributed by atoms with Crippen molar-refractivity contribution in [1.29, 1.82) is 0 Å². The van der Waals surface area contributed by atoms with Crippen LogP contribution in [0.1, 0.15) is 0 Å². The van der Waals surface area contributed by atoms with Crippen LogP contribution in [-0.4, -0.2) is 0 Å². The van der Waals surface area contributed by atoms with Gasteiger partial charge in [0.2, 0.25) is 0 Å². The minimum absolute atomic E-state index is 0.890. The number of hydrogen-bond donors (Lipinski definition) is 0. The van der Waals surface area contributed by atoms with Gasteiger partial charge in [-0.2, -0.15) is 0 Å². The zero-order valence-corrected chi connectivity index (χ0v) is 30.6. The summed E-state index contributed by atoms with van der Waals surface area (Å²) in [7, 11) is 0. The van der Waals surface area contributed by atoms with Gasteiger partial charge >= 0.3 is 0 Å². The van der Waals surface area contributed by atoms with Gasteiger partial charge in [-0.25, -0.2) is 0 Å². The summed E-state index contributed by atoms with van der Waals surface area (Å²) in [5, 5.41) is 7.23. The van der Waals surface area contributed by atoms with Crippen molar-refractivity contribution in [2.75, 3.05) is 4.90 Å². The van der Waals surface area contributed by atoms with Crippen LogP contribution in [0.25, 0.3) is 86.3 Å². The minimum Gasteiger partial charge on any atom is -0.456 e. The fourth-order valence-corrected chi connectivity index (χ4v) is 9.45. The van der Waals surface area contributed by atoms with Crippen LogP contribution in [0.2, 0.25) is 0 Å². The Morgan fingerprint density at radius 2 is 1.00 bits per heavy atom. The Morgan fingerprint density at radius 3 is 1.84 bits per heavy atom. The van der Waals surface area contributed by atoms with Crippen molar-refractivity contribution in [2.24, 2.45) is 0 Å². The quantitative estimate of drug-likeness (QED) is 0.170. The summed E-state index contributed by atoms with van der Waals surface area (Å²) in [6.45, 7) is 0. The van der Waals surface area contributed by atoms with E-state index in [0.717, 1.165) is 61.3 Å². The maximum Gasteiger partial charge on any atom is 0.136 e. The molecule has 11 rings (SSSR count). The maximum atomic E-state index is 6.55. The zero-order chi connectivity index (χ0) is 36.3. The van der Waals surface area contributed by atoms with Crippen molar-refractivity contribution in [3.63, 3.8) is 0 Å². The summed E-state index contributed by atoms with van der Waals surface area (Å²) in [5.74, 6) is 0. The molecule has 3 heteroatoms. The molecule has 258 valence electrons. The highest BCUT2D eigenvalue weighted by molar-refractivity contribution is 7.25. The van der Waals surface area contributed by atoms with Gasteiger partial charge in [-0.05, 0) is 93.2 Å². The Balaban J connectivity index is 1.17. The van der Waals surface area contributed by atoms with Crippen molar-refractivity contribution >= 4 is 81.3 Å². The van der Waals surface area contributed by atoms with Crippen LogP contribution in [0.15, 0.2) is 205 Å². The maximum absolute atomic E-state index is 6.55. The fourth-order valence-electron chi connectivity index (χ4n) is 8.31. The van der Waals surface area contributed by atoms with E-state index < -0.39 is 0 Å². The highest BCUT2D eigenvalue weighted by atomic mass is 32.1. The molecule has 55 heavy (non-hydrogen) atoms. The second-order valence-corrected chi connectivity index (χ2v) is 15.2. The third kappa shape index (κ3) is 5.32. The van der Waals surface area contributed by atoms with Gasteiger partial charge in [0, 0.05) is 47.9 Å². The minimum atomic E-state index is 0.890. The number of thiophene rings is 1. The molecule has 0 aliphatic rings. The lowest BCUT2D eigenvalue weighted by molar-refractivity contribution is 0.669. The van der Waals surface area contributed by atoms with Gasteiger partial charge in [0.05, 0.1) is 5.69 Å². The number of para-hydroxylation sites is 1. The molecule has 0 radical (unpaired) electrons. The monoisotopic (exact) mass is 719 g/mol. The van der Waals surface area contributed by atoms with Crippen LogP contribution >= 0.6 is 11.3 Å². The molecule has 0 aliphatic carbocycles. The van der Waals surface area contributed by atoms with Crippen LogP contribution in [0.3, 0.4) is 0 Å². The first-order valence-corrected chi connectivity index (χ1v) is 19.5. The van der Waals surface area contributed by atoms with Crippen LogP contribution in [-0.2, 0) is 0 Å². The standard InChI is InChI=1S/C52H33NOS/c1-3-14-34(15-4-1)40-20-9-11-23-47(40)53(39-27-29-43-42-21-10-12-25-50(42)55-51(43)33-39)38-26-28-41(45(32-38)35-16-5-2-6-17-35)44-22-13-24-48-52(44)46-30-36-18-7-8-19-37(36)31-49(46)54-48/h1-33H. The number of benzene rings is 9. The molecule has 0 amide bonds. The first-order valence-electron chi connectivity index (χ1n) is 18.7. The molecule has 11 aromatic rings. The third-order valence-electron chi connectivity index (χ3n) is 10.8. The molecular weight excluding hydrogens is 687 g/mol. The summed E-state index contributed by atoms with van der Waals surface area (Å²) < 4.78 is 9.12. The average Bonchev–Trinajstić information content (AvgIpc) is 3.81. The first kappa shape index (κ1) is 31.6. The van der Waals surface area contributed by atoms with E-state index in [1.54, 1.807) is 0 Å². The highest BCUT2D eigenvalue weighted by Crippen LogP contribution is 2.47. The molecule has 0 bridgehead atoms. The van der Waals surface area contributed by atoms with Gasteiger partial charge in [0.25, 0.3) is 0 Å². The van der Waals surface area contributed by atoms with E-state index in [9.17, 15) is 0 Å². The lowest BCUT2D eigenvalue weighted by Gasteiger charge is -2.29. The molecule has 2 heterocycles. The smallest absolute Gasteiger partial charge is 0.136 e. The molecule has 0 saturated heterocycles. The zero-order valence-electron chi connectivity index (χ0n) is 29.8. The Bertz CT molecular complexity index is 3210. The Hall–Kier alpha value is -6.94. The van der Waals surface area contributed by atoms with E-state index in [0.29, 0.717) is 0 Å². The second kappa shape index (κ2) is 12.9. The van der Waals surface area contributed by atoms with Gasteiger partial charge in [-0.1, -0.05) is 146 Å². The van der Waals surface area contributed by atoms with E-state index in [1.165, 1.54) is 42.1 Å². The molecule has 0 aliphatic heterocycles. The van der Waals surface area contributed by atoms with E-state index in [1.807, 2.05) is 11.3 Å². The number of rotatable bonds is 6. The molecule has 0 unspecified atom stereocenters. The summed E-state index contributed by atoms with van der Waals surface area (Å²) in [5.41, 5.74) is 12.1. The molecule has 2 aromatic heterocycles. The number of fused-ring (bicyclic) bond motifs is 7. The van der Waals surface area contributed by atoms with Crippen molar-refractivity contribution in [2.45, 2.75) is 0 Å². The van der Waals surface area contributed by atoms with Crippen LogP contribution in [0.5, 0.6) is 0 Å². The summed E-state index contributed by atoms with van der Waals surface area (Å²) >= 11 is 1.85. The van der Waals surface area contributed by atoms with Crippen LogP contribution in [0, 0.1) is 0 Å². The molecule has 0 fully saturated rings. The Morgan fingerprint density at radius 1 is 0.364 bits per heavy atom. The second-order valence-electron chi connectivity index (χ2n) is 14.1. The predicted molar refractivity (Wildman–Crippen MR) is 235 cm³/mol. The highest BCUT2D eigenvalue weighted by Gasteiger charge is 2.22. The number of hydrogen-bond acceptors (Lipinski definition) is 3. The molecule has 0 spiro atoms. The van der Waals surface area contributed by atoms with Crippen LogP contribution in [0.4, 0.5) is 17.1 Å². The van der Waals surface area contributed by atoms with E-state index >= 15 is 0 Å². The predicted octanol–water partition coefficient (Wildman–Crippen LogP) is 15.6. The number of anilines is 3. The van der Waals surface area contributed by atoms with Gasteiger partial charge in [-0.3, -0.25) is 0 Å². The molecular formula is C52H33NOS. The molecule has 0 saturated carbocycles. The average molecular weight is 720 g/mol. The van der Waals surface area contributed by atoms with Gasteiger partial charge in [-0.15, -0.1) is 11.3 Å². The van der Waals surface area contributed by atoms with Crippen molar-refractivity contribution in [3.05, 3.63) is 200 Å². The first-order chi connectivity index (χ1) is 27.3. The number of furan rings is 1. The number of nitrogens with zero attached hydrogens (tertiary/aromatic N) is 1. The van der Waals surface area contributed by atoms with Crippen molar-refractivity contribution in [3.8, 4) is 33.4 Å². The van der Waals surface area contributed by atoms with Gasteiger partial charge in [0.15, 0.2) is 0 Å². The summed E-state index contributed by atoms with van der Waals surface area (Å²) in [6.07, 6.45) is 0. The molecule has 9 aromatic carbocycles. The SMILES string of the molecule is c1ccc(-c2cc(N(c3ccc4c(c3)sc3ccccc34)c3ccccc3-c3ccccc3)ccc2-c2cccc3oc4cc5ccccc5cc4c23)cc1. The molecule has 0 atom stereocenters. The van der Waals surface area contributed by atoms with Gasteiger partial charge in [0.1, 0.15) is 11.2 Å². The Kier molecular flexibility index (Phi) is 7.39. The van der Waals surface area contributed by atoms with Crippen LogP contribution < -0.4 is 4.90 Å². The summed E-state index contributed by atoms with van der Waals surface area (Å²) in [4.78, 5) is 2.43. The van der Waals surface area contributed by atoms with E-state index in [2.05, 4.69) is 205 Å². The van der Waals surface area contributed by atoms with Crippen molar-refractivity contribution in [1.82, 2.24) is 0 Å². The lowest BCUT2D eigenvalue weighted by Crippen LogP contribution is -2.11. The Labute approximate surface area is 322 Å². The van der Waals surface area contributed by atoms with Crippen molar-refractivity contribution < 1.29 is 4.42 Å². The molecule has 2 nitrogen and oxygen atoms in total. The topological polar surface area (TPSA) is 16.4 Å². The molecule has 0 N–H and O–H groups in total. The summed E-state index contributed by atoms with van der Waals surface area (Å²) in [6, 6.07) is 72.3. The van der Waals surface area contributed by atoms with E-state index in [-0.39, 0.29) is 0 Å². The normalized spacial score (nSPS) is 11.6. The third-order valence-corrected chi connectivity index (χ3v) is 12.0. The van der Waals surface area contributed by atoms with Gasteiger partial charge < -0.3 is 9.32 Å². The van der Waals surface area contributed by atoms with E-state index in [4.69, 9.17) is 4.42 Å².